The summed E-state index contributed by atoms with van der Waals surface area (Å²) < 4.78 is 5.46. The Labute approximate surface area is 320 Å². The van der Waals surface area contributed by atoms with Crippen LogP contribution in [0, 0.1) is 23.7 Å². The lowest BCUT2D eigenvalue weighted by atomic mass is 9.49. The maximum atomic E-state index is 15.4. The smallest absolute Gasteiger partial charge is 0.260 e. The number of methoxy groups -OCH3 is 1. The summed E-state index contributed by atoms with van der Waals surface area (Å²) in [5.41, 5.74) is 4.71. The number of allylic oxidation sites excluding steroid dienone is 2. The van der Waals surface area contributed by atoms with E-state index in [0.717, 1.165) is 16.1 Å². The van der Waals surface area contributed by atoms with E-state index < -0.39 is 46.8 Å². The summed E-state index contributed by atoms with van der Waals surface area (Å²) in [5, 5.41) is 12.2. The second kappa shape index (κ2) is 13.1. The number of imide groups is 2. The normalized spacial score (nSPS) is 26.2. The second-order valence-corrected chi connectivity index (χ2v) is 15.0. The lowest BCUT2D eigenvalue weighted by molar-refractivity contribution is -0.138. The summed E-state index contributed by atoms with van der Waals surface area (Å²) in [6.07, 6.45) is 3.95. The Morgan fingerprint density at radius 1 is 0.868 bits per heavy atom. The van der Waals surface area contributed by atoms with Crippen LogP contribution in [0.1, 0.15) is 35.4 Å². The highest BCUT2D eigenvalue weighted by molar-refractivity contribution is 6.36. The zero-order valence-corrected chi connectivity index (χ0v) is 30.5. The van der Waals surface area contributed by atoms with Crippen LogP contribution in [0.15, 0.2) is 103 Å². The zero-order chi connectivity index (χ0) is 37.3. The van der Waals surface area contributed by atoms with Crippen LogP contribution in [0.3, 0.4) is 0 Å². The number of amides is 4. The number of carbonyl (C=O) groups is 4. The molecule has 4 aromatic rings. The molecule has 1 saturated carbocycles. The number of hydrogen-bond donors (Lipinski definition) is 2. The van der Waals surface area contributed by atoms with E-state index in [-0.39, 0.29) is 46.1 Å². The monoisotopic (exact) mass is 767 g/mol. The molecular formula is C41H32Cl3N3O6. The second-order valence-electron chi connectivity index (χ2n) is 13.7. The Morgan fingerprint density at radius 3 is 2.26 bits per heavy atom. The Kier molecular flexibility index (Phi) is 8.64. The van der Waals surface area contributed by atoms with Gasteiger partial charge in [0.15, 0.2) is 0 Å². The van der Waals surface area contributed by atoms with Gasteiger partial charge < -0.3 is 9.84 Å². The van der Waals surface area contributed by atoms with E-state index in [1.54, 1.807) is 72.8 Å². The Hall–Kier alpha value is -5.09. The van der Waals surface area contributed by atoms with Crippen LogP contribution in [-0.4, -0.2) is 40.9 Å². The highest BCUT2D eigenvalue weighted by Gasteiger charge is 2.70. The first-order valence-corrected chi connectivity index (χ1v) is 18.2. The average molecular weight is 769 g/mol. The number of fused-ring (bicyclic) bond motifs is 4. The molecule has 4 aliphatic rings. The molecule has 8 rings (SSSR count). The van der Waals surface area contributed by atoms with Crippen molar-refractivity contribution < 1.29 is 29.0 Å². The number of phenols is 1. The number of nitrogens with one attached hydrogen (secondary N) is 1. The molecule has 0 aromatic heterocycles. The van der Waals surface area contributed by atoms with Gasteiger partial charge in [0.1, 0.15) is 11.5 Å². The molecule has 12 heteroatoms. The van der Waals surface area contributed by atoms with E-state index in [1.807, 2.05) is 6.08 Å². The van der Waals surface area contributed by atoms with Crippen molar-refractivity contribution >= 4 is 75.9 Å². The third-order valence-corrected chi connectivity index (χ3v) is 12.1. The largest absolute Gasteiger partial charge is 0.508 e. The Balaban J connectivity index is 1.32. The maximum Gasteiger partial charge on any atom is 0.260 e. The Morgan fingerprint density at radius 2 is 1.60 bits per heavy atom. The fourth-order valence-electron chi connectivity index (χ4n) is 8.95. The molecule has 4 aromatic carbocycles. The molecule has 4 amide bonds. The molecular weight excluding hydrogens is 737 g/mol. The van der Waals surface area contributed by atoms with Gasteiger partial charge in [-0.25, -0.2) is 0 Å². The number of halogens is 3. The first kappa shape index (κ1) is 35.0. The standard InChI is InChI=1S/C41H32Cl3N3O6/c1-3-21-4-9-24(10-5-21)46-37(49)29-16-15-27-30(35(29)39(46)51)20-31-38(50)47(45-34-17-8-23(42)18-33(34)44)40(52)41(31,22-6-12-26(53-2)13-7-22)36(27)28-14-11-25(48)19-32(28)43/h3-15,17-19,29-31,35-36,45,48H,1,16,20H2,2H3/t29-,30+,31-,35-,36+,41+/m0/s1. The van der Waals surface area contributed by atoms with Gasteiger partial charge in [0, 0.05) is 16.0 Å². The van der Waals surface area contributed by atoms with Gasteiger partial charge in [-0.05, 0) is 90.0 Å². The molecule has 2 heterocycles. The molecule has 3 fully saturated rings. The van der Waals surface area contributed by atoms with E-state index >= 15 is 4.79 Å². The number of phenolic OH excluding ortho intramolecular Hbond substituents is 1. The van der Waals surface area contributed by atoms with Gasteiger partial charge in [0.2, 0.25) is 11.8 Å². The predicted octanol–water partition coefficient (Wildman–Crippen LogP) is 8.19. The van der Waals surface area contributed by atoms with E-state index in [2.05, 4.69) is 12.0 Å². The van der Waals surface area contributed by atoms with Gasteiger partial charge in [-0.15, -0.1) is 0 Å². The van der Waals surface area contributed by atoms with Crippen LogP contribution in [-0.2, 0) is 24.6 Å². The van der Waals surface area contributed by atoms with Gasteiger partial charge in [0.25, 0.3) is 11.8 Å². The molecule has 6 atom stereocenters. The van der Waals surface area contributed by atoms with Crippen molar-refractivity contribution in [2.75, 3.05) is 17.4 Å². The summed E-state index contributed by atoms with van der Waals surface area (Å²) in [5.74, 6) is -5.31. The molecule has 0 radical (unpaired) electrons. The summed E-state index contributed by atoms with van der Waals surface area (Å²) >= 11 is 19.7. The molecule has 2 aliphatic carbocycles. The highest BCUT2D eigenvalue weighted by Crippen LogP contribution is 2.65. The topological polar surface area (TPSA) is 116 Å². The average Bonchev–Trinajstić information content (AvgIpc) is 3.53. The molecule has 0 bridgehead atoms. The molecule has 53 heavy (non-hydrogen) atoms. The molecule has 0 spiro atoms. The van der Waals surface area contributed by atoms with Crippen molar-refractivity contribution in [1.82, 2.24) is 5.01 Å². The van der Waals surface area contributed by atoms with E-state index in [4.69, 9.17) is 39.5 Å². The number of aromatic hydroxyl groups is 1. The van der Waals surface area contributed by atoms with Crippen LogP contribution in [0.4, 0.5) is 11.4 Å². The minimum Gasteiger partial charge on any atom is -0.508 e. The number of nitrogens with zero attached hydrogens (tertiary/aromatic N) is 2. The quantitative estimate of drug-likeness (QED) is 0.144. The van der Waals surface area contributed by atoms with E-state index in [9.17, 15) is 19.5 Å². The van der Waals surface area contributed by atoms with E-state index in [0.29, 0.717) is 27.6 Å². The van der Waals surface area contributed by atoms with E-state index in [1.165, 1.54) is 30.2 Å². The molecule has 268 valence electrons. The molecule has 2 saturated heterocycles. The van der Waals surface area contributed by atoms with Crippen LogP contribution < -0.4 is 15.1 Å². The van der Waals surface area contributed by atoms with Crippen LogP contribution in [0.2, 0.25) is 15.1 Å². The summed E-state index contributed by atoms with van der Waals surface area (Å²) in [4.78, 5) is 60.1. The first-order valence-electron chi connectivity index (χ1n) is 17.0. The van der Waals surface area contributed by atoms with Crippen molar-refractivity contribution in [1.29, 1.82) is 0 Å². The van der Waals surface area contributed by atoms with Gasteiger partial charge >= 0.3 is 0 Å². The van der Waals surface area contributed by atoms with Gasteiger partial charge in [-0.2, -0.15) is 5.01 Å². The fraction of sp³-hybridized carbons (Fsp3) is 0.220. The lowest BCUT2D eigenvalue weighted by Gasteiger charge is -2.50. The van der Waals surface area contributed by atoms with Crippen molar-refractivity contribution in [2.45, 2.75) is 24.2 Å². The van der Waals surface area contributed by atoms with Crippen molar-refractivity contribution in [3.63, 3.8) is 0 Å². The van der Waals surface area contributed by atoms with Crippen molar-refractivity contribution in [2.24, 2.45) is 23.7 Å². The van der Waals surface area contributed by atoms with Crippen LogP contribution >= 0.6 is 34.8 Å². The first-order chi connectivity index (χ1) is 25.5. The summed E-state index contributed by atoms with van der Waals surface area (Å²) in [6.45, 7) is 3.79. The lowest BCUT2D eigenvalue weighted by Crippen LogP contribution is -2.53. The third kappa shape index (κ3) is 5.28. The maximum absolute atomic E-state index is 15.4. The minimum absolute atomic E-state index is 0.0805. The van der Waals surface area contributed by atoms with Crippen molar-refractivity contribution in [3.05, 3.63) is 135 Å². The van der Waals surface area contributed by atoms with Gasteiger partial charge in [-0.1, -0.05) is 89.4 Å². The molecule has 0 unspecified atom stereocenters. The number of anilines is 2. The number of hydrogen-bond acceptors (Lipinski definition) is 7. The minimum atomic E-state index is -1.59. The van der Waals surface area contributed by atoms with Crippen molar-refractivity contribution in [3.8, 4) is 11.5 Å². The number of benzene rings is 4. The molecule has 9 nitrogen and oxygen atoms in total. The number of ether oxygens (including phenoxy) is 1. The molecule has 2 N–H and O–H groups in total. The third-order valence-electron chi connectivity index (χ3n) is 11.3. The number of carbonyl (C=O) groups excluding carboxylic acids is 4. The Bertz CT molecular complexity index is 2260. The predicted molar refractivity (Wildman–Crippen MR) is 203 cm³/mol. The van der Waals surface area contributed by atoms with Gasteiger partial charge in [0.05, 0.1) is 46.7 Å². The zero-order valence-electron chi connectivity index (χ0n) is 28.3. The van der Waals surface area contributed by atoms with Gasteiger partial charge in [-0.3, -0.25) is 29.5 Å². The van der Waals surface area contributed by atoms with Crippen LogP contribution in [0.25, 0.3) is 6.08 Å². The summed E-state index contributed by atoms with van der Waals surface area (Å²) in [6, 6.07) is 23.2. The van der Waals surface area contributed by atoms with Crippen LogP contribution in [0.5, 0.6) is 11.5 Å². The summed E-state index contributed by atoms with van der Waals surface area (Å²) in [7, 11) is 1.53. The molecule has 2 aliphatic heterocycles. The fourth-order valence-corrected chi connectivity index (χ4v) is 9.69. The highest BCUT2D eigenvalue weighted by atomic mass is 35.5. The number of rotatable bonds is 7. The number of hydrazine groups is 1. The SMILES string of the molecule is C=Cc1ccc(N2C(=O)[C@H]3[C@H](CC=C4[C@H]3C[C@H]3C(=O)N(Nc5ccc(Cl)cc5Cl)C(=O)[C@@]3(c3ccc(OC)cc3)[C@H]4c3ccc(O)cc3Cl)C2=O)cc1.